The number of nitrogens with zero attached hydrogens (tertiary/aromatic N) is 2. The normalized spacial score (nSPS) is 10.1. The van der Waals surface area contributed by atoms with Gasteiger partial charge in [0, 0.05) is 11.8 Å². The molecule has 0 aliphatic carbocycles. The van der Waals surface area contributed by atoms with Crippen molar-refractivity contribution in [2.75, 3.05) is 12.8 Å². The lowest BCUT2D eigenvalue weighted by Crippen LogP contribution is -1.89. The predicted molar refractivity (Wildman–Crippen MR) is 52.8 cm³/mol. The van der Waals surface area contributed by atoms with Gasteiger partial charge in [-0.1, -0.05) is 0 Å². The van der Waals surface area contributed by atoms with Gasteiger partial charge in [0.25, 0.3) is 0 Å². The number of H-pyrrole nitrogens is 1. The molecule has 0 bridgehead atoms. The summed E-state index contributed by atoms with van der Waals surface area (Å²) in [5.74, 6) is 0.691. The molecule has 5 nitrogen and oxygen atoms in total. The van der Waals surface area contributed by atoms with Gasteiger partial charge in [-0.3, -0.25) is 10.1 Å². The SMILES string of the molecule is COc1cncc(-c2[nH]ncc2N)c1. The molecule has 0 spiro atoms. The minimum atomic E-state index is 0.597. The van der Waals surface area contributed by atoms with E-state index in [1.807, 2.05) is 6.07 Å². The van der Waals surface area contributed by atoms with Gasteiger partial charge in [-0.15, -0.1) is 0 Å². The molecule has 14 heavy (non-hydrogen) atoms. The van der Waals surface area contributed by atoms with Crippen LogP contribution >= 0.6 is 0 Å². The van der Waals surface area contributed by atoms with Crippen LogP contribution in [0.1, 0.15) is 0 Å². The van der Waals surface area contributed by atoms with E-state index in [9.17, 15) is 0 Å². The second-order valence-electron chi connectivity index (χ2n) is 2.81. The molecule has 2 rings (SSSR count). The molecule has 0 aliphatic rings. The molecule has 2 heterocycles. The van der Waals surface area contributed by atoms with E-state index in [0.717, 1.165) is 11.3 Å². The fourth-order valence-electron chi connectivity index (χ4n) is 1.19. The Labute approximate surface area is 80.9 Å². The van der Waals surface area contributed by atoms with Gasteiger partial charge in [0.2, 0.25) is 0 Å². The van der Waals surface area contributed by atoms with Gasteiger partial charge < -0.3 is 10.5 Å². The highest BCUT2D eigenvalue weighted by atomic mass is 16.5. The number of pyridine rings is 1. The monoisotopic (exact) mass is 190 g/mol. The van der Waals surface area contributed by atoms with Crippen LogP contribution in [0.3, 0.4) is 0 Å². The summed E-state index contributed by atoms with van der Waals surface area (Å²) in [6.07, 6.45) is 4.90. The zero-order valence-corrected chi connectivity index (χ0v) is 7.69. The van der Waals surface area contributed by atoms with E-state index in [1.54, 1.807) is 25.7 Å². The molecule has 0 fully saturated rings. The molecule has 3 N–H and O–H groups in total. The summed E-state index contributed by atoms with van der Waals surface area (Å²) in [5.41, 5.74) is 7.92. The molecule has 5 heteroatoms. The first kappa shape index (κ1) is 8.55. The lowest BCUT2D eigenvalue weighted by molar-refractivity contribution is 0.413. The smallest absolute Gasteiger partial charge is 0.137 e. The number of nitrogen functional groups attached to an aromatic ring is 1. The Bertz CT molecular complexity index is 438. The van der Waals surface area contributed by atoms with Crippen molar-refractivity contribution < 1.29 is 4.74 Å². The molecule has 0 unspecified atom stereocenters. The maximum atomic E-state index is 5.70. The topological polar surface area (TPSA) is 76.8 Å². The molecule has 72 valence electrons. The predicted octanol–water partition coefficient (Wildman–Crippen LogP) is 1.06. The fourth-order valence-corrected chi connectivity index (χ4v) is 1.19. The van der Waals surface area contributed by atoms with Crippen molar-refractivity contribution in [2.24, 2.45) is 0 Å². The van der Waals surface area contributed by atoms with Crippen molar-refractivity contribution >= 4 is 5.69 Å². The number of methoxy groups -OCH3 is 1. The highest BCUT2D eigenvalue weighted by Crippen LogP contribution is 2.24. The van der Waals surface area contributed by atoms with Gasteiger partial charge >= 0.3 is 0 Å². The summed E-state index contributed by atoms with van der Waals surface area (Å²) in [6, 6.07) is 1.84. The van der Waals surface area contributed by atoms with Gasteiger partial charge in [-0.05, 0) is 6.07 Å². The van der Waals surface area contributed by atoms with E-state index in [4.69, 9.17) is 10.5 Å². The molecule has 0 atom stereocenters. The van der Waals surface area contributed by atoms with Crippen LogP contribution < -0.4 is 10.5 Å². The third-order valence-corrected chi connectivity index (χ3v) is 1.91. The molecule has 2 aromatic rings. The Morgan fingerprint density at radius 2 is 2.21 bits per heavy atom. The molecular weight excluding hydrogens is 180 g/mol. The Hall–Kier alpha value is -2.04. The summed E-state index contributed by atoms with van der Waals surface area (Å²) >= 11 is 0. The Balaban J connectivity index is 2.47. The van der Waals surface area contributed by atoms with E-state index in [-0.39, 0.29) is 0 Å². The lowest BCUT2D eigenvalue weighted by atomic mass is 10.2. The first-order valence-corrected chi connectivity index (χ1v) is 4.09. The molecular formula is C9H10N4O. The van der Waals surface area contributed by atoms with E-state index in [2.05, 4.69) is 15.2 Å². The van der Waals surface area contributed by atoms with Crippen molar-refractivity contribution in [1.29, 1.82) is 0 Å². The molecule has 0 saturated carbocycles. The molecule has 0 radical (unpaired) electrons. The number of nitrogens with one attached hydrogen (secondary N) is 1. The summed E-state index contributed by atoms with van der Waals surface area (Å²) in [6.45, 7) is 0. The number of hydrogen-bond donors (Lipinski definition) is 2. The maximum absolute atomic E-state index is 5.70. The second kappa shape index (κ2) is 3.37. The summed E-state index contributed by atoms with van der Waals surface area (Å²) in [5, 5.41) is 6.64. The van der Waals surface area contributed by atoms with Crippen LogP contribution in [0.4, 0.5) is 5.69 Å². The number of nitrogens with two attached hydrogens (primary N) is 1. The quantitative estimate of drug-likeness (QED) is 0.742. The number of anilines is 1. The minimum absolute atomic E-state index is 0.597. The Morgan fingerprint density at radius 3 is 2.86 bits per heavy atom. The highest BCUT2D eigenvalue weighted by Gasteiger charge is 2.05. The Kier molecular flexibility index (Phi) is 2.06. The number of aromatic nitrogens is 3. The van der Waals surface area contributed by atoms with Crippen molar-refractivity contribution in [1.82, 2.24) is 15.2 Å². The molecule has 2 aromatic heterocycles. The minimum Gasteiger partial charge on any atom is -0.495 e. The number of hydrogen-bond acceptors (Lipinski definition) is 4. The second-order valence-corrected chi connectivity index (χ2v) is 2.81. The maximum Gasteiger partial charge on any atom is 0.137 e. The van der Waals surface area contributed by atoms with Gasteiger partial charge in [-0.25, -0.2) is 0 Å². The van der Waals surface area contributed by atoms with Crippen molar-refractivity contribution in [3.8, 4) is 17.0 Å². The molecule has 0 amide bonds. The zero-order valence-electron chi connectivity index (χ0n) is 7.69. The number of ether oxygens (including phenoxy) is 1. The lowest BCUT2D eigenvalue weighted by Gasteiger charge is -2.02. The van der Waals surface area contributed by atoms with E-state index in [0.29, 0.717) is 11.4 Å². The van der Waals surface area contributed by atoms with Crippen LogP contribution in [-0.4, -0.2) is 22.3 Å². The van der Waals surface area contributed by atoms with E-state index < -0.39 is 0 Å². The largest absolute Gasteiger partial charge is 0.495 e. The van der Waals surface area contributed by atoms with Crippen LogP contribution in [0, 0.1) is 0 Å². The van der Waals surface area contributed by atoms with Crippen molar-refractivity contribution in [3.63, 3.8) is 0 Å². The third-order valence-electron chi connectivity index (χ3n) is 1.91. The van der Waals surface area contributed by atoms with Gasteiger partial charge in [0.05, 0.1) is 30.9 Å². The average molecular weight is 190 g/mol. The summed E-state index contributed by atoms with van der Waals surface area (Å²) in [7, 11) is 1.59. The van der Waals surface area contributed by atoms with Gasteiger partial charge in [0.15, 0.2) is 0 Å². The summed E-state index contributed by atoms with van der Waals surface area (Å²) < 4.78 is 5.06. The van der Waals surface area contributed by atoms with E-state index in [1.165, 1.54) is 0 Å². The number of rotatable bonds is 2. The first-order chi connectivity index (χ1) is 6.81. The summed E-state index contributed by atoms with van der Waals surface area (Å²) in [4.78, 5) is 4.02. The molecule has 0 aliphatic heterocycles. The van der Waals surface area contributed by atoms with Gasteiger partial charge in [-0.2, -0.15) is 5.10 Å². The standard InChI is InChI=1S/C9H10N4O/c1-14-7-2-6(3-11-4-7)9-8(10)5-12-13-9/h2-5H,10H2,1H3,(H,12,13). The first-order valence-electron chi connectivity index (χ1n) is 4.09. The highest BCUT2D eigenvalue weighted by molar-refractivity contribution is 5.71. The third kappa shape index (κ3) is 1.39. The number of aromatic amines is 1. The average Bonchev–Trinajstić information content (AvgIpc) is 2.65. The van der Waals surface area contributed by atoms with Crippen LogP contribution in [0.25, 0.3) is 11.3 Å². The molecule has 0 aromatic carbocycles. The Morgan fingerprint density at radius 1 is 1.36 bits per heavy atom. The zero-order chi connectivity index (χ0) is 9.97. The van der Waals surface area contributed by atoms with E-state index >= 15 is 0 Å². The van der Waals surface area contributed by atoms with Crippen LogP contribution in [-0.2, 0) is 0 Å². The van der Waals surface area contributed by atoms with Crippen molar-refractivity contribution in [2.45, 2.75) is 0 Å². The fraction of sp³-hybridized carbons (Fsp3) is 0.111. The van der Waals surface area contributed by atoms with Crippen LogP contribution in [0.5, 0.6) is 5.75 Å². The van der Waals surface area contributed by atoms with Crippen LogP contribution in [0.2, 0.25) is 0 Å². The van der Waals surface area contributed by atoms with Crippen LogP contribution in [0.15, 0.2) is 24.7 Å². The van der Waals surface area contributed by atoms with Crippen molar-refractivity contribution in [3.05, 3.63) is 24.7 Å². The molecule has 0 saturated heterocycles. The van der Waals surface area contributed by atoms with Gasteiger partial charge in [0.1, 0.15) is 5.75 Å².